The molecule has 0 saturated carbocycles. The van der Waals surface area contributed by atoms with Crippen LogP contribution in [0.3, 0.4) is 0 Å². The molecule has 0 radical (unpaired) electrons. The molecule has 15 heavy (non-hydrogen) atoms. The fourth-order valence-electron chi connectivity index (χ4n) is 1.11. The average Bonchev–Trinajstić information content (AvgIpc) is 2.94. The standard InChI is InChI=1S/C11H16N2O2/c1-3-10-8(6-15-11(10)14)4-9-5-12-7-13(9)2/h5,7-8,10H,3-4,6H2,1-2H3/t8-,10-/m0/s1/i1D3,3D2,4D2,6D2,8D,10D. The number of hydrogen-bond acceptors (Lipinski definition) is 3. The summed E-state index contributed by atoms with van der Waals surface area (Å²) in [5, 5.41) is 0. The lowest BCUT2D eigenvalue weighted by molar-refractivity contribution is -0.141. The number of aromatic nitrogens is 2. The summed E-state index contributed by atoms with van der Waals surface area (Å²) in [6, 6.07) is 0. The van der Waals surface area contributed by atoms with Crippen molar-refractivity contribution in [1.29, 1.82) is 0 Å². The Morgan fingerprint density at radius 2 is 2.87 bits per heavy atom. The Labute approximate surface area is 105 Å². The highest BCUT2D eigenvalue weighted by Crippen LogP contribution is 2.27. The number of carbonyl (C=O) groups is 1. The van der Waals surface area contributed by atoms with E-state index < -0.39 is 49.6 Å². The van der Waals surface area contributed by atoms with Crippen LogP contribution in [0.25, 0.3) is 0 Å². The van der Waals surface area contributed by atoms with Gasteiger partial charge in [0.25, 0.3) is 0 Å². The zero-order valence-corrected chi connectivity index (χ0v) is 7.87. The smallest absolute Gasteiger partial charge is 0.309 e. The summed E-state index contributed by atoms with van der Waals surface area (Å²) in [5.74, 6) is -9.33. The summed E-state index contributed by atoms with van der Waals surface area (Å²) >= 11 is 0. The third-order valence-corrected chi connectivity index (χ3v) is 1.89. The Kier molecular flexibility index (Phi) is 0.899. The van der Waals surface area contributed by atoms with Crippen LogP contribution >= 0.6 is 0 Å². The molecule has 0 N–H and O–H groups in total. The predicted octanol–water partition coefficient (Wildman–Crippen LogP) is 1.16. The van der Waals surface area contributed by atoms with Gasteiger partial charge < -0.3 is 9.30 Å². The monoisotopic (exact) mass is 219 g/mol. The van der Waals surface area contributed by atoms with Crippen molar-refractivity contribution in [2.75, 3.05) is 6.56 Å². The number of cyclic esters (lactones) is 1. The molecule has 0 bridgehead atoms. The largest absolute Gasteiger partial charge is 0.465 e. The number of esters is 1. The van der Waals surface area contributed by atoms with E-state index in [1.54, 1.807) is 0 Å². The summed E-state index contributed by atoms with van der Waals surface area (Å²) in [4.78, 5) is 15.9. The van der Waals surface area contributed by atoms with E-state index in [9.17, 15) is 4.79 Å². The third-order valence-electron chi connectivity index (χ3n) is 1.89. The lowest BCUT2D eigenvalue weighted by atomic mass is 9.89. The second-order valence-electron chi connectivity index (χ2n) is 2.88. The van der Waals surface area contributed by atoms with Gasteiger partial charge in [0.2, 0.25) is 0 Å². The van der Waals surface area contributed by atoms with Crippen LogP contribution in [-0.2, 0) is 23.0 Å². The first-order valence-electron chi connectivity index (χ1n) is 9.60. The first kappa shape index (κ1) is 3.34. The molecule has 2 heterocycles. The van der Waals surface area contributed by atoms with Crippen LogP contribution in [-0.4, -0.2) is 22.1 Å². The normalized spacial score (nSPS) is 52.3. The minimum atomic E-state index is -3.80. The van der Waals surface area contributed by atoms with Crippen LogP contribution < -0.4 is 0 Å². The molecule has 0 unspecified atom stereocenters. The van der Waals surface area contributed by atoms with Gasteiger partial charge in [0, 0.05) is 37.2 Å². The molecule has 0 aromatic carbocycles. The SMILES string of the molecule is [2H]C([2H])([2H])C([2H])([2H])[C@]1([2H])C(=O)OC([2H])([2H])[C@]1([2H])C([2H])([2H])c1cncn1C. The zero-order valence-electron chi connectivity index (χ0n) is 18.9. The predicted molar refractivity (Wildman–Crippen MR) is 55.1 cm³/mol. The van der Waals surface area contributed by atoms with Gasteiger partial charge in [-0.25, -0.2) is 4.98 Å². The van der Waals surface area contributed by atoms with E-state index in [4.69, 9.17) is 15.1 Å². The summed E-state index contributed by atoms with van der Waals surface area (Å²) in [6.45, 7) is -7.14. The van der Waals surface area contributed by atoms with Crippen LogP contribution in [0.1, 0.15) is 34.0 Å². The van der Waals surface area contributed by atoms with Crippen molar-refractivity contribution in [3.05, 3.63) is 18.2 Å². The summed E-state index contributed by atoms with van der Waals surface area (Å²) in [7, 11) is 1.31. The summed E-state index contributed by atoms with van der Waals surface area (Å²) in [5.41, 5.74) is -0.451. The van der Waals surface area contributed by atoms with Gasteiger partial charge in [-0.3, -0.25) is 4.79 Å². The molecule has 0 aliphatic carbocycles. The van der Waals surface area contributed by atoms with Crippen molar-refractivity contribution in [1.82, 2.24) is 9.55 Å². The number of imidazole rings is 1. The van der Waals surface area contributed by atoms with Crippen LogP contribution in [0.15, 0.2) is 12.5 Å². The maximum absolute atomic E-state index is 12.3. The molecular formula is C11H16N2O2. The minimum absolute atomic E-state index is 0.451. The van der Waals surface area contributed by atoms with E-state index in [-0.39, 0.29) is 0 Å². The fourth-order valence-corrected chi connectivity index (χ4v) is 1.11. The molecule has 1 fully saturated rings. The molecule has 1 aromatic rings. The second-order valence-corrected chi connectivity index (χ2v) is 2.88. The van der Waals surface area contributed by atoms with Gasteiger partial charge in [-0.15, -0.1) is 0 Å². The highest BCUT2D eigenvalue weighted by atomic mass is 16.5. The van der Waals surface area contributed by atoms with Crippen molar-refractivity contribution in [2.24, 2.45) is 18.8 Å². The lowest BCUT2D eigenvalue weighted by Gasteiger charge is -2.12. The van der Waals surface area contributed by atoms with E-state index in [0.717, 1.165) is 17.1 Å². The van der Waals surface area contributed by atoms with E-state index in [0.29, 0.717) is 0 Å². The molecule has 82 valence electrons. The van der Waals surface area contributed by atoms with Gasteiger partial charge >= 0.3 is 5.97 Å². The number of hydrogen-bond donors (Lipinski definition) is 0. The molecule has 1 aromatic heterocycles. The molecule has 1 saturated heterocycles. The van der Waals surface area contributed by atoms with Gasteiger partial charge in [0.15, 0.2) is 0 Å². The molecule has 2 rings (SSSR count). The van der Waals surface area contributed by atoms with Gasteiger partial charge in [-0.1, -0.05) is 6.85 Å². The number of carbonyl (C=O) groups excluding carboxylic acids is 1. The Morgan fingerprint density at radius 1 is 2.00 bits per heavy atom. The molecule has 4 nitrogen and oxygen atoms in total. The quantitative estimate of drug-likeness (QED) is 0.717. The van der Waals surface area contributed by atoms with Crippen LogP contribution in [0.5, 0.6) is 0 Å². The molecule has 2 atom stereocenters. The Hall–Kier alpha value is -1.32. The van der Waals surface area contributed by atoms with Gasteiger partial charge in [-0.05, 0) is 12.7 Å². The maximum Gasteiger partial charge on any atom is 0.309 e. The van der Waals surface area contributed by atoms with Crippen molar-refractivity contribution >= 4 is 5.97 Å². The van der Waals surface area contributed by atoms with Crippen LogP contribution in [0.4, 0.5) is 0 Å². The number of rotatable bonds is 3. The molecular weight excluding hydrogens is 192 g/mol. The van der Waals surface area contributed by atoms with Crippen molar-refractivity contribution in [3.63, 3.8) is 0 Å². The fraction of sp³-hybridized carbons (Fsp3) is 0.636. The van der Waals surface area contributed by atoms with Crippen molar-refractivity contribution in [3.8, 4) is 0 Å². The topological polar surface area (TPSA) is 44.1 Å². The van der Waals surface area contributed by atoms with Gasteiger partial charge in [-0.2, -0.15) is 0 Å². The van der Waals surface area contributed by atoms with E-state index >= 15 is 0 Å². The van der Waals surface area contributed by atoms with E-state index in [2.05, 4.69) is 9.72 Å². The first-order chi connectivity index (χ1) is 11.4. The minimum Gasteiger partial charge on any atom is -0.465 e. The average molecular weight is 219 g/mol. The Bertz CT molecular complexity index is 743. The second kappa shape index (κ2) is 4.04. The van der Waals surface area contributed by atoms with Crippen LogP contribution in [0.2, 0.25) is 0 Å². The molecule has 4 heteroatoms. The Balaban J connectivity index is 2.89. The molecule has 0 spiro atoms. The van der Waals surface area contributed by atoms with Crippen LogP contribution in [0, 0.1) is 11.8 Å². The van der Waals surface area contributed by atoms with Gasteiger partial charge in [0.05, 0.1) is 21.5 Å². The van der Waals surface area contributed by atoms with Crippen molar-refractivity contribution in [2.45, 2.75) is 19.6 Å². The van der Waals surface area contributed by atoms with Gasteiger partial charge in [0.1, 0.15) is 0 Å². The van der Waals surface area contributed by atoms with Crippen molar-refractivity contribution < 1.29 is 24.6 Å². The molecule has 1 aliphatic heterocycles. The summed E-state index contributed by atoms with van der Waals surface area (Å²) < 4.78 is 92.0. The highest BCUT2D eigenvalue weighted by molar-refractivity contribution is 5.74. The third kappa shape index (κ3) is 1.89. The molecule has 0 amide bonds. The lowest BCUT2D eigenvalue weighted by Crippen LogP contribution is -2.18. The number of ether oxygens (including phenoxy) is 1. The number of aryl methyl sites for hydroxylation is 1. The summed E-state index contributed by atoms with van der Waals surface area (Å²) in [6.07, 6.45) is -4.99. The number of nitrogens with zero attached hydrogens (tertiary/aromatic N) is 2. The van der Waals surface area contributed by atoms with E-state index in [1.165, 1.54) is 7.05 Å². The highest BCUT2D eigenvalue weighted by Gasteiger charge is 2.35. The van der Waals surface area contributed by atoms with E-state index in [1.807, 2.05) is 0 Å². The Morgan fingerprint density at radius 3 is 3.53 bits per heavy atom. The first-order valence-corrected chi connectivity index (χ1v) is 4.10. The maximum atomic E-state index is 12.3. The molecule has 1 aliphatic rings. The zero-order chi connectivity index (χ0) is 20.6.